The van der Waals surface area contributed by atoms with Crippen molar-refractivity contribution in [2.24, 2.45) is 0 Å². The zero-order valence-corrected chi connectivity index (χ0v) is 15.4. The van der Waals surface area contributed by atoms with E-state index >= 15 is 0 Å². The summed E-state index contributed by atoms with van der Waals surface area (Å²) in [7, 11) is 0. The molecule has 0 saturated carbocycles. The number of carbonyl (C=O) groups excluding carboxylic acids is 2. The second-order valence-corrected chi connectivity index (χ2v) is 5.97. The van der Waals surface area contributed by atoms with Crippen molar-refractivity contribution in [2.45, 2.75) is 52.6 Å². The van der Waals surface area contributed by atoms with E-state index in [1.807, 2.05) is 44.2 Å². The lowest BCUT2D eigenvalue weighted by Crippen LogP contribution is -2.41. The van der Waals surface area contributed by atoms with Crippen LogP contribution < -0.4 is 0 Å². The number of hydrogen-bond acceptors (Lipinski definition) is 4. The highest BCUT2D eigenvalue weighted by Gasteiger charge is 2.43. The van der Waals surface area contributed by atoms with E-state index in [-0.39, 0.29) is 12.2 Å². The summed E-state index contributed by atoms with van der Waals surface area (Å²) in [6.07, 6.45) is 3.39. The predicted molar refractivity (Wildman–Crippen MR) is 97.8 cm³/mol. The van der Waals surface area contributed by atoms with Crippen molar-refractivity contribution in [3.05, 3.63) is 53.1 Å². The van der Waals surface area contributed by atoms with Gasteiger partial charge in [-0.3, -0.25) is 0 Å². The Morgan fingerprint density at radius 1 is 1.12 bits per heavy atom. The molecule has 1 heterocycles. The molecule has 134 valence electrons. The van der Waals surface area contributed by atoms with Gasteiger partial charge in [-0.2, -0.15) is 0 Å². The number of benzene rings is 1. The van der Waals surface area contributed by atoms with Crippen LogP contribution in [-0.4, -0.2) is 24.1 Å². The van der Waals surface area contributed by atoms with Gasteiger partial charge in [-0.25, -0.2) is 9.59 Å². The molecule has 4 nitrogen and oxygen atoms in total. The lowest BCUT2D eigenvalue weighted by Gasteiger charge is -2.40. The largest absolute Gasteiger partial charge is 0.463 e. The van der Waals surface area contributed by atoms with Gasteiger partial charge in [-0.15, -0.1) is 0 Å². The van der Waals surface area contributed by atoms with E-state index in [1.165, 1.54) is 6.08 Å². The third-order valence-corrected chi connectivity index (χ3v) is 4.74. The van der Waals surface area contributed by atoms with Gasteiger partial charge in [0, 0.05) is 6.08 Å². The van der Waals surface area contributed by atoms with Gasteiger partial charge in [0.25, 0.3) is 0 Å². The van der Waals surface area contributed by atoms with Crippen LogP contribution in [0.4, 0.5) is 0 Å². The smallest absolute Gasteiger partial charge is 0.339 e. The Hall–Kier alpha value is -2.36. The van der Waals surface area contributed by atoms with Crippen molar-refractivity contribution in [3.63, 3.8) is 0 Å². The SMILES string of the molecule is CCOC(=O)/C=C1\C(=O)OC(CC)(CC)C(CC)=C1c1ccccc1. The van der Waals surface area contributed by atoms with Crippen LogP contribution in [-0.2, 0) is 19.1 Å². The first kappa shape index (κ1) is 19.0. The lowest BCUT2D eigenvalue weighted by molar-refractivity contribution is -0.153. The van der Waals surface area contributed by atoms with Crippen LogP contribution in [0.3, 0.4) is 0 Å². The summed E-state index contributed by atoms with van der Waals surface area (Å²) in [5.41, 5.74) is 2.43. The van der Waals surface area contributed by atoms with Crippen LogP contribution in [0.2, 0.25) is 0 Å². The van der Waals surface area contributed by atoms with Crippen LogP contribution in [0.1, 0.15) is 52.5 Å². The van der Waals surface area contributed by atoms with Gasteiger partial charge in [0.2, 0.25) is 0 Å². The Balaban J connectivity index is 2.75. The fraction of sp³-hybridized carbons (Fsp3) is 0.429. The second kappa shape index (κ2) is 8.15. The lowest BCUT2D eigenvalue weighted by atomic mass is 9.77. The molecule has 0 saturated heterocycles. The van der Waals surface area contributed by atoms with E-state index < -0.39 is 17.5 Å². The van der Waals surface area contributed by atoms with Gasteiger partial charge in [0.15, 0.2) is 0 Å². The summed E-state index contributed by atoms with van der Waals surface area (Å²) >= 11 is 0. The molecule has 25 heavy (non-hydrogen) atoms. The summed E-state index contributed by atoms with van der Waals surface area (Å²) in [6.45, 7) is 8.10. The summed E-state index contributed by atoms with van der Waals surface area (Å²) in [4.78, 5) is 24.8. The zero-order valence-electron chi connectivity index (χ0n) is 15.4. The number of cyclic esters (lactones) is 1. The van der Waals surface area contributed by atoms with Gasteiger partial charge in [-0.1, -0.05) is 51.1 Å². The normalized spacial score (nSPS) is 18.2. The predicted octanol–water partition coefficient (Wildman–Crippen LogP) is 4.46. The minimum absolute atomic E-state index is 0.260. The second-order valence-electron chi connectivity index (χ2n) is 5.97. The molecule has 0 spiro atoms. The molecule has 0 fully saturated rings. The maximum Gasteiger partial charge on any atom is 0.339 e. The first-order valence-corrected chi connectivity index (χ1v) is 8.94. The number of ether oxygens (including phenoxy) is 2. The van der Waals surface area contributed by atoms with Gasteiger partial charge >= 0.3 is 11.9 Å². The topological polar surface area (TPSA) is 52.6 Å². The number of hydrogen-bond donors (Lipinski definition) is 0. The third-order valence-electron chi connectivity index (χ3n) is 4.74. The number of esters is 2. The van der Waals surface area contributed by atoms with E-state index in [2.05, 4.69) is 6.92 Å². The molecule has 0 radical (unpaired) electrons. The summed E-state index contributed by atoms with van der Waals surface area (Å²) in [5, 5.41) is 0. The molecule has 0 N–H and O–H groups in total. The molecule has 1 aromatic carbocycles. The molecule has 1 aliphatic heterocycles. The molecule has 2 rings (SSSR count). The third kappa shape index (κ3) is 3.68. The standard InChI is InChI=1S/C21H26O4/c1-5-17-19(15-12-10-9-11-13-15)16(14-18(22)24-8-4)20(23)25-21(17,6-2)7-3/h9-14H,5-8H2,1-4H3/b16-14-. The van der Waals surface area contributed by atoms with E-state index in [0.717, 1.165) is 23.1 Å². The van der Waals surface area contributed by atoms with Crippen LogP contribution in [0.25, 0.3) is 5.57 Å². The van der Waals surface area contributed by atoms with E-state index in [1.54, 1.807) is 6.92 Å². The van der Waals surface area contributed by atoms with E-state index in [9.17, 15) is 9.59 Å². The Morgan fingerprint density at radius 2 is 1.76 bits per heavy atom. The monoisotopic (exact) mass is 342 g/mol. The van der Waals surface area contributed by atoms with E-state index in [0.29, 0.717) is 12.8 Å². The van der Waals surface area contributed by atoms with Gasteiger partial charge < -0.3 is 9.47 Å². The molecule has 1 aromatic rings. The summed E-state index contributed by atoms with van der Waals surface area (Å²) in [6, 6.07) is 9.70. The Kier molecular flexibility index (Phi) is 6.18. The molecular weight excluding hydrogens is 316 g/mol. The fourth-order valence-corrected chi connectivity index (χ4v) is 3.47. The fourth-order valence-electron chi connectivity index (χ4n) is 3.47. The molecule has 0 amide bonds. The maximum absolute atomic E-state index is 12.8. The van der Waals surface area contributed by atoms with Gasteiger partial charge in [0.05, 0.1) is 12.2 Å². The highest BCUT2D eigenvalue weighted by atomic mass is 16.6. The quantitative estimate of drug-likeness (QED) is 0.566. The molecule has 0 unspecified atom stereocenters. The first-order valence-electron chi connectivity index (χ1n) is 8.94. The Morgan fingerprint density at radius 3 is 2.28 bits per heavy atom. The van der Waals surface area contributed by atoms with Crippen LogP contribution in [0.15, 0.2) is 47.6 Å². The molecule has 0 bridgehead atoms. The van der Waals surface area contributed by atoms with Crippen LogP contribution in [0.5, 0.6) is 0 Å². The maximum atomic E-state index is 12.8. The van der Waals surface area contributed by atoms with Crippen molar-refractivity contribution < 1.29 is 19.1 Å². The number of carbonyl (C=O) groups is 2. The van der Waals surface area contributed by atoms with E-state index in [4.69, 9.17) is 9.47 Å². The summed E-state index contributed by atoms with van der Waals surface area (Å²) in [5.74, 6) is -0.994. The average molecular weight is 342 g/mol. The Bertz CT molecular complexity index is 694. The molecule has 0 aliphatic carbocycles. The van der Waals surface area contributed by atoms with Crippen molar-refractivity contribution in [1.82, 2.24) is 0 Å². The van der Waals surface area contributed by atoms with Crippen molar-refractivity contribution in [1.29, 1.82) is 0 Å². The van der Waals surface area contributed by atoms with Crippen molar-refractivity contribution >= 4 is 17.5 Å². The van der Waals surface area contributed by atoms with Crippen LogP contribution >= 0.6 is 0 Å². The van der Waals surface area contributed by atoms with Gasteiger partial charge in [0.1, 0.15) is 5.60 Å². The molecule has 1 aliphatic rings. The molecule has 0 atom stereocenters. The summed E-state index contributed by atoms with van der Waals surface area (Å²) < 4.78 is 10.9. The molecule has 4 heteroatoms. The Labute approximate surface area is 149 Å². The van der Waals surface area contributed by atoms with Crippen molar-refractivity contribution in [2.75, 3.05) is 6.61 Å². The average Bonchev–Trinajstić information content (AvgIpc) is 2.63. The highest BCUT2D eigenvalue weighted by Crippen LogP contribution is 2.44. The molecule has 0 aromatic heterocycles. The minimum atomic E-state index is -0.622. The highest BCUT2D eigenvalue weighted by molar-refractivity contribution is 6.12. The minimum Gasteiger partial charge on any atom is -0.463 e. The van der Waals surface area contributed by atoms with Crippen molar-refractivity contribution in [3.8, 4) is 0 Å². The van der Waals surface area contributed by atoms with Crippen LogP contribution in [0, 0.1) is 0 Å². The number of rotatable bonds is 6. The van der Waals surface area contributed by atoms with Gasteiger partial charge in [-0.05, 0) is 42.9 Å². The zero-order chi connectivity index (χ0) is 18.4. The molecular formula is C21H26O4. The first-order chi connectivity index (χ1) is 12.0.